The Labute approximate surface area is 274 Å². The van der Waals surface area contributed by atoms with Gasteiger partial charge in [0.1, 0.15) is 18.0 Å². The Balaban J connectivity index is 0.000000403. The number of hydrogen-bond acceptors (Lipinski definition) is 6. The molecule has 1 saturated heterocycles. The van der Waals surface area contributed by atoms with Crippen molar-refractivity contribution in [3.63, 3.8) is 0 Å². The summed E-state index contributed by atoms with van der Waals surface area (Å²) in [5, 5.41) is 7.74. The number of halogens is 2. The number of rotatable bonds is 8. The lowest BCUT2D eigenvalue weighted by atomic mass is 9.82. The lowest BCUT2D eigenvalue weighted by Crippen LogP contribution is -2.30. The minimum absolute atomic E-state index is 0.0842. The fourth-order valence-electron chi connectivity index (χ4n) is 5.75. The number of likely N-dealkylation sites (tertiary alicyclic amines) is 1. The fraction of sp³-hybridized carbons (Fsp3) is 0.472. The molecule has 0 spiro atoms. The van der Waals surface area contributed by atoms with Crippen LogP contribution >= 0.6 is 23.4 Å². The summed E-state index contributed by atoms with van der Waals surface area (Å²) in [7, 11) is 2.06. The van der Waals surface area contributed by atoms with E-state index >= 15 is 0 Å². The molecule has 1 saturated carbocycles. The molecule has 2 N–H and O–H groups in total. The van der Waals surface area contributed by atoms with Gasteiger partial charge >= 0.3 is 0 Å². The number of thioether (sulfide) groups is 1. The van der Waals surface area contributed by atoms with E-state index in [4.69, 9.17) is 11.6 Å². The molecule has 0 amide bonds. The second kappa shape index (κ2) is 21.1. The highest BCUT2D eigenvalue weighted by Gasteiger charge is 2.22. The first kappa shape index (κ1) is 37.5. The van der Waals surface area contributed by atoms with Gasteiger partial charge in [-0.2, -0.15) is 0 Å². The second-order valence-corrected chi connectivity index (χ2v) is 12.3. The van der Waals surface area contributed by atoms with Crippen LogP contribution in [0.4, 0.5) is 15.9 Å². The van der Waals surface area contributed by atoms with E-state index in [9.17, 15) is 4.39 Å². The number of hydrogen-bond donors (Lipinski definition) is 2. The van der Waals surface area contributed by atoms with Gasteiger partial charge in [0.15, 0.2) is 0 Å². The molecule has 3 aromatic rings. The van der Waals surface area contributed by atoms with Crippen LogP contribution in [0.3, 0.4) is 0 Å². The van der Waals surface area contributed by atoms with Crippen LogP contribution in [0.25, 0.3) is 10.9 Å². The number of benzene rings is 2. The molecule has 2 aromatic carbocycles. The normalized spacial score (nSPS) is 17.9. The van der Waals surface area contributed by atoms with Crippen molar-refractivity contribution in [3.05, 3.63) is 85.1 Å². The van der Waals surface area contributed by atoms with E-state index in [1.807, 2.05) is 0 Å². The van der Waals surface area contributed by atoms with Crippen LogP contribution in [0.5, 0.6) is 0 Å². The second-order valence-electron chi connectivity index (χ2n) is 11.0. The van der Waals surface area contributed by atoms with Crippen LogP contribution in [-0.2, 0) is 6.42 Å². The molecular formula is C36H51ClFN5S. The molecule has 1 aromatic heterocycles. The van der Waals surface area contributed by atoms with Crippen molar-refractivity contribution >= 4 is 45.8 Å². The van der Waals surface area contributed by atoms with Crippen LogP contribution < -0.4 is 10.6 Å². The van der Waals surface area contributed by atoms with Crippen molar-refractivity contribution in [2.24, 2.45) is 5.92 Å². The predicted octanol–water partition coefficient (Wildman–Crippen LogP) is 9.85. The maximum atomic E-state index is 13.5. The predicted molar refractivity (Wildman–Crippen MR) is 191 cm³/mol. The highest BCUT2D eigenvalue weighted by molar-refractivity contribution is 7.98. The van der Waals surface area contributed by atoms with Gasteiger partial charge in [0.05, 0.1) is 10.5 Å². The van der Waals surface area contributed by atoms with Crippen LogP contribution in [0.15, 0.2) is 73.6 Å². The van der Waals surface area contributed by atoms with Crippen LogP contribution in [0.1, 0.15) is 63.9 Å². The van der Waals surface area contributed by atoms with Gasteiger partial charge in [-0.3, -0.25) is 0 Å². The van der Waals surface area contributed by atoms with E-state index < -0.39 is 5.82 Å². The summed E-state index contributed by atoms with van der Waals surface area (Å²) in [4.78, 5) is 12.8. The van der Waals surface area contributed by atoms with Crippen LogP contribution in [0.2, 0.25) is 5.02 Å². The van der Waals surface area contributed by atoms with Crippen molar-refractivity contribution in [1.82, 2.24) is 20.2 Å². The van der Waals surface area contributed by atoms with E-state index in [1.54, 1.807) is 30.2 Å². The third-order valence-corrected chi connectivity index (χ3v) is 9.08. The first-order valence-corrected chi connectivity index (χ1v) is 17.2. The zero-order valence-corrected chi connectivity index (χ0v) is 28.5. The number of piperidine rings is 1. The Kier molecular flexibility index (Phi) is 18.0. The van der Waals surface area contributed by atoms with E-state index in [0.29, 0.717) is 23.5 Å². The van der Waals surface area contributed by atoms with E-state index in [1.165, 1.54) is 87.5 Å². The summed E-state index contributed by atoms with van der Waals surface area (Å²) >= 11 is 7.70. The van der Waals surface area contributed by atoms with Crippen molar-refractivity contribution in [2.45, 2.75) is 75.6 Å². The topological polar surface area (TPSA) is 53.1 Å². The number of anilines is 2. The maximum absolute atomic E-state index is 13.5. The highest BCUT2D eigenvalue weighted by atomic mass is 35.5. The molecule has 2 heterocycles. The van der Waals surface area contributed by atoms with Crippen LogP contribution in [0, 0.1) is 11.7 Å². The van der Waals surface area contributed by atoms with Crippen molar-refractivity contribution in [2.75, 3.05) is 38.3 Å². The molecule has 5 rings (SSSR count). The molecule has 8 heteroatoms. The van der Waals surface area contributed by atoms with Gasteiger partial charge in [-0.15, -0.1) is 30.7 Å². The van der Waals surface area contributed by atoms with Crippen molar-refractivity contribution in [1.29, 1.82) is 0 Å². The van der Waals surface area contributed by atoms with Gasteiger partial charge in [0.2, 0.25) is 0 Å². The molecule has 1 aliphatic carbocycles. The highest BCUT2D eigenvalue weighted by Crippen LogP contribution is 2.35. The first-order valence-electron chi connectivity index (χ1n) is 15.6. The largest absolute Gasteiger partial charge is 0.340 e. The molecular weight excluding hydrogens is 589 g/mol. The van der Waals surface area contributed by atoms with Crippen molar-refractivity contribution < 1.29 is 4.39 Å². The van der Waals surface area contributed by atoms with E-state index in [-0.39, 0.29) is 5.02 Å². The summed E-state index contributed by atoms with van der Waals surface area (Å²) < 4.78 is 13.5. The Morgan fingerprint density at radius 3 is 2.32 bits per heavy atom. The Morgan fingerprint density at radius 1 is 1.05 bits per heavy atom. The number of aromatic nitrogens is 2. The molecule has 240 valence electrons. The molecule has 5 nitrogen and oxygen atoms in total. The van der Waals surface area contributed by atoms with Gasteiger partial charge in [-0.05, 0) is 126 Å². The van der Waals surface area contributed by atoms with Gasteiger partial charge < -0.3 is 15.5 Å². The number of fused-ring (bicyclic) bond motifs is 1. The molecule has 2 fully saturated rings. The standard InChI is InChI=1S/C23H26ClFN4S.C8H17N.C3H4.C2H4/c1-26-16-5-3-14(4-6-16)9-15-10-18-21(12-22(15)30-2)27-13-28-23(18)29-17-7-8-20(25)19(24)11-17;1-2-6-9-7-4-3-5-8-9;1-3-2;1-2/h7-8,10-14,16,26H,3-6,9H2,1-2H3,(H,27,28,29);2-8H2,1H3;1-2H2;1-2H2. The first-order chi connectivity index (χ1) is 21.4. The van der Waals surface area contributed by atoms with E-state index in [2.05, 4.69) is 89.9 Å². The average Bonchev–Trinajstić information content (AvgIpc) is 3.05. The third-order valence-electron chi connectivity index (χ3n) is 7.97. The molecule has 0 unspecified atom stereocenters. The smallest absolute Gasteiger partial charge is 0.141 e. The van der Waals surface area contributed by atoms with Gasteiger partial charge in [0.25, 0.3) is 0 Å². The summed E-state index contributed by atoms with van der Waals surface area (Å²) in [6.07, 6.45) is 15.4. The third kappa shape index (κ3) is 12.0. The molecule has 0 atom stereocenters. The zero-order valence-electron chi connectivity index (χ0n) is 26.9. The summed E-state index contributed by atoms with van der Waals surface area (Å²) in [5.41, 5.74) is 5.19. The minimum atomic E-state index is -0.436. The molecule has 1 aliphatic heterocycles. The monoisotopic (exact) mass is 639 g/mol. The van der Waals surface area contributed by atoms with Crippen molar-refractivity contribution in [3.8, 4) is 0 Å². The SMILES string of the molecule is C=C.C=C=C.CCCN1CCCCC1.CNC1CCC(Cc2cc3c(Nc4ccc(F)c(Cl)c4)ncnc3cc2SC)CC1. The molecule has 0 radical (unpaired) electrons. The fourth-order valence-corrected chi connectivity index (χ4v) is 6.57. The summed E-state index contributed by atoms with van der Waals surface area (Å²) in [6, 6.07) is 9.61. The minimum Gasteiger partial charge on any atom is -0.340 e. The Bertz CT molecular complexity index is 1300. The quantitative estimate of drug-likeness (QED) is 0.145. The van der Waals surface area contributed by atoms with Gasteiger partial charge in [-0.1, -0.05) is 38.1 Å². The molecule has 2 aliphatic rings. The summed E-state index contributed by atoms with van der Waals surface area (Å²) in [5.74, 6) is 0.972. The summed E-state index contributed by atoms with van der Waals surface area (Å²) in [6.45, 7) is 18.5. The Hall–Kier alpha value is -2.67. The van der Waals surface area contributed by atoms with Gasteiger partial charge in [0, 0.05) is 22.0 Å². The maximum Gasteiger partial charge on any atom is 0.141 e. The molecule has 0 bridgehead atoms. The lowest BCUT2D eigenvalue weighted by molar-refractivity contribution is 0.229. The average molecular weight is 640 g/mol. The Morgan fingerprint density at radius 2 is 1.73 bits per heavy atom. The number of nitrogens with zero attached hydrogens (tertiary/aromatic N) is 3. The van der Waals surface area contributed by atoms with E-state index in [0.717, 1.165) is 17.3 Å². The lowest BCUT2D eigenvalue weighted by Gasteiger charge is -2.28. The molecule has 44 heavy (non-hydrogen) atoms. The number of nitrogens with one attached hydrogen (secondary N) is 2. The van der Waals surface area contributed by atoms with Crippen LogP contribution in [-0.4, -0.2) is 53.8 Å². The zero-order chi connectivity index (χ0) is 32.3. The van der Waals surface area contributed by atoms with Gasteiger partial charge in [-0.25, -0.2) is 14.4 Å².